The molecule has 0 heterocycles. The molecule has 0 saturated carbocycles. The largest absolute Gasteiger partial charge is 0.376 e. The van der Waals surface area contributed by atoms with Gasteiger partial charge in [-0.2, -0.15) is 0 Å². The maximum Gasteiger partial charge on any atom is 0.282 e. The number of hydrogen-bond donors (Lipinski definition) is 1. The van der Waals surface area contributed by atoms with E-state index >= 15 is 0 Å². The third-order valence-electron chi connectivity index (χ3n) is 3.03. The fourth-order valence-electron chi connectivity index (χ4n) is 2.01. The van der Waals surface area contributed by atoms with Crippen molar-refractivity contribution in [1.29, 1.82) is 0 Å². The van der Waals surface area contributed by atoms with E-state index in [2.05, 4.69) is 5.32 Å². The molecule has 1 amide bonds. The Kier molecular flexibility index (Phi) is 4.62. The standard InChI is InChI=1S/C15H14ClN3O3/c1-18(2)14-8-7-10(16)9-12(14)17-15(20)11-5-3-4-6-13(11)19(21)22/h3-9H,1-2H3,(H,17,20). The zero-order valence-electron chi connectivity index (χ0n) is 12.0. The first kappa shape index (κ1) is 15.8. The number of nitrogens with one attached hydrogen (secondary N) is 1. The molecule has 2 aromatic rings. The van der Waals surface area contributed by atoms with Gasteiger partial charge in [-0.25, -0.2) is 0 Å². The van der Waals surface area contributed by atoms with Gasteiger partial charge in [0.05, 0.1) is 16.3 Å². The zero-order chi connectivity index (χ0) is 16.3. The van der Waals surface area contributed by atoms with Gasteiger partial charge in [0.25, 0.3) is 11.6 Å². The van der Waals surface area contributed by atoms with Crippen molar-refractivity contribution in [2.45, 2.75) is 0 Å². The lowest BCUT2D eigenvalue weighted by Crippen LogP contribution is -2.17. The number of nitrogens with zero attached hydrogens (tertiary/aromatic N) is 2. The number of nitro groups is 1. The van der Waals surface area contributed by atoms with Crippen molar-refractivity contribution in [3.05, 3.63) is 63.2 Å². The quantitative estimate of drug-likeness (QED) is 0.690. The molecule has 0 aromatic heterocycles. The second-order valence-electron chi connectivity index (χ2n) is 4.78. The van der Waals surface area contributed by atoms with Crippen LogP contribution in [0.3, 0.4) is 0 Å². The lowest BCUT2D eigenvalue weighted by Gasteiger charge is -2.18. The number of benzene rings is 2. The van der Waals surface area contributed by atoms with Gasteiger partial charge in [-0.05, 0) is 24.3 Å². The van der Waals surface area contributed by atoms with Gasteiger partial charge in [0.15, 0.2) is 0 Å². The van der Waals surface area contributed by atoms with E-state index in [1.54, 1.807) is 24.3 Å². The van der Waals surface area contributed by atoms with Crippen LogP contribution in [-0.2, 0) is 0 Å². The highest BCUT2D eigenvalue weighted by atomic mass is 35.5. The molecule has 2 aromatic carbocycles. The first-order valence-corrected chi connectivity index (χ1v) is 6.79. The van der Waals surface area contributed by atoms with Gasteiger partial charge >= 0.3 is 0 Å². The molecule has 0 unspecified atom stereocenters. The molecule has 7 heteroatoms. The highest BCUT2D eigenvalue weighted by molar-refractivity contribution is 6.31. The van der Waals surface area contributed by atoms with Crippen LogP contribution in [0.2, 0.25) is 5.02 Å². The van der Waals surface area contributed by atoms with E-state index in [9.17, 15) is 14.9 Å². The molecule has 1 N–H and O–H groups in total. The van der Waals surface area contributed by atoms with Crippen molar-refractivity contribution in [1.82, 2.24) is 0 Å². The Hall–Kier alpha value is -2.60. The highest BCUT2D eigenvalue weighted by Gasteiger charge is 2.20. The molecule has 0 fully saturated rings. The van der Waals surface area contributed by atoms with Crippen molar-refractivity contribution in [2.75, 3.05) is 24.3 Å². The van der Waals surface area contributed by atoms with Gasteiger partial charge < -0.3 is 10.2 Å². The van der Waals surface area contributed by atoms with Crippen LogP contribution in [0.15, 0.2) is 42.5 Å². The van der Waals surface area contributed by atoms with Gasteiger partial charge in [0.1, 0.15) is 5.56 Å². The van der Waals surface area contributed by atoms with Crippen LogP contribution >= 0.6 is 11.6 Å². The van der Waals surface area contributed by atoms with Crippen molar-refractivity contribution in [3.63, 3.8) is 0 Å². The first-order valence-electron chi connectivity index (χ1n) is 6.42. The number of nitro benzene ring substituents is 1. The van der Waals surface area contributed by atoms with Crippen LogP contribution in [-0.4, -0.2) is 24.9 Å². The zero-order valence-corrected chi connectivity index (χ0v) is 12.8. The Morgan fingerprint density at radius 2 is 1.91 bits per heavy atom. The number of para-hydroxylation sites is 1. The topological polar surface area (TPSA) is 75.5 Å². The monoisotopic (exact) mass is 319 g/mol. The fourth-order valence-corrected chi connectivity index (χ4v) is 2.18. The lowest BCUT2D eigenvalue weighted by molar-refractivity contribution is -0.385. The molecule has 0 bridgehead atoms. The molecule has 0 aliphatic rings. The van der Waals surface area contributed by atoms with Crippen LogP contribution in [0, 0.1) is 10.1 Å². The molecule has 22 heavy (non-hydrogen) atoms. The number of amides is 1. The maximum absolute atomic E-state index is 12.3. The van der Waals surface area contributed by atoms with Gasteiger partial charge in [-0.1, -0.05) is 23.7 Å². The van der Waals surface area contributed by atoms with E-state index in [-0.39, 0.29) is 11.3 Å². The highest BCUT2D eigenvalue weighted by Crippen LogP contribution is 2.29. The van der Waals surface area contributed by atoms with E-state index < -0.39 is 10.8 Å². The molecule has 0 radical (unpaired) electrons. The minimum atomic E-state index is -0.584. The summed E-state index contributed by atoms with van der Waals surface area (Å²) in [5.74, 6) is -0.558. The molecule has 0 atom stereocenters. The molecule has 0 saturated heterocycles. The summed E-state index contributed by atoms with van der Waals surface area (Å²) < 4.78 is 0. The fraction of sp³-hybridized carbons (Fsp3) is 0.133. The summed E-state index contributed by atoms with van der Waals surface area (Å²) in [7, 11) is 3.65. The SMILES string of the molecule is CN(C)c1ccc(Cl)cc1NC(=O)c1ccccc1[N+](=O)[O-]. The van der Waals surface area contributed by atoms with Crippen molar-refractivity contribution < 1.29 is 9.72 Å². The number of hydrogen-bond acceptors (Lipinski definition) is 4. The van der Waals surface area contributed by atoms with Gasteiger partial charge in [0.2, 0.25) is 0 Å². The molecule has 114 valence electrons. The van der Waals surface area contributed by atoms with Crippen LogP contribution in [0.25, 0.3) is 0 Å². The van der Waals surface area contributed by atoms with Gasteiger partial charge in [-0.3, -0.25) is 14.9 Å². The summed E-state index contributed by atoms with van der Waals surface area (Å²) in [6.45, 7) is 0. The Bertz CT molecular complexity index is 732. The molecule has 0 aliphatic heterocycles. The number of rotatable bonds is 4. The predicted molar refractivity (Wildman–Crippen MR) is 86.8 cm³/mol. The summed E-state index contributed by atoms with van der Waals surface area (Å²) in [5, 5.41) is 14.1. The number of carbonyl (C=O) groups excluding carboxylic acids is 1. The van der Waals surface area contributed by atoms with E-state index in [4.69, 9.17) is 11.6 Å². The summed E-state index contributed by atoms with van der Waals surface area (Å²) in [4.78, 5) is 24.6. The smallest absolute Gasteiger partial charge is 0.282 e. The summed E-state index contributed by atoms with van der Waals surface area (Å²) in [6.07, 6.45) is 0. The van der Waals surface area contributed by atoms with E-state index in [0.29, 0.717) is 10.7 Å². The molecule has 6 nitrogen and oxygen atoms in total. The Labute approximate surface area is 132 Å². The number of halogens is 1. The average Bonchev–Trinajstić information content (AvgIpc) is 2.46. The Balaban J connectivity index is 2.38. The molecule has 2 rings (SSSR count). The number of anilines is 2. The Morgan fingerprint density at radius 1 is 1.23 bits per heavy atom. The average molecular weight is 320 g/mol. The van der Waals surface area contributed by atoms with Crippen LogP contribution in [0.5, 0.6) is 0 Å². The lowest BCUT2D eigenvalue weighted by atomic mass is 10.1. The molecule has 0 aliphatic carbocycles. The van der Waals surface area contributed by atoms with Crippen molar-refractivity contribution >= 4 is 34.6 Å². The second-order valence-corrected chi connectivity index (χ2v) is 5.22. The van der Waals surface area contributed by atoms with Crippen LogP contribution in [0.4, 0.5) is 17.1 Å². The van der Waals surface area contributed by atoms with E-state index in [1.165, 1.54) is 18.2 Å². The molecular weight excluding hydrogens is 306 g/mol. The van der Waals surface area contributed by atoms with E-state index in [0.717, 1.165) is 5.69 Å². The molecular formula is C15H14ClN3O3. The van der Waals surface area contributed by atoms with Crippen molar-refractivity contribution in [2.24, 2.45) is 0 Å². The first-order chi connectivity index (χ1) is 10.4. The maximum atomic E-state index is 12.3. The summed E-state index contributed by atoms with van der Waals surface area (Å²) in [6, 6.07) is 10.9. The van der Waals surface area contributed by atoms with Crippen LogP contribution in [0.1, 0.15) is 10.4 Å². The number of carbonyl (C=O) groups is 1. The summed E-state index contributed by atoms with van der Waals surface area (Å²) >= 11 is 5.95. The predicted octanol–water partition coefficient (Wildman–Crippen LogP) is 3.57. The van der Waals surface area contributed by atoms with Gasteiger partial charge in [-0.15, -0.1) is 0 Å². The third-order valence-corrected chi connectivity index (χ3v) is 3.27. The third kappa shape index (κ3) is 3.35. The van der Waals surface area contributed by atoms with Crippen molar-refractivity contribution in [3.8, 4) is 0 Å². The minimum Gasteiger partial charge on any atom is -0.376 e. The second kappa shape index (κ2) is 6.44. The van der Waals surface area contributed by atoms with Gasteiger partial charge in [0, 0.05) is 25.2 Å². The molecule has 0 spiro atoms. The normalized spacial score (nSPS) is 10.1. The Morgan fingerprint density at radius 3 is 2.55 bits per heavy atom. The van der Waals surface area contributed by atoms with E-state index in [1.807, 2.05) is 19.0 Å². The minimum absolute atomic E-state index is 0.00261. The van der Waals surface area contributed by atoms with Crippen LogP contribution < -0.4 is 10.2 Å². The summed E-state index contributed by atoms with van der Waals surface area (Å²) in [5.41, 5.74) is 0.989.